The summed E-state index contributed by atoms with van der Waals surface area (Å²) in [6.07, 6.45) is 3.26. The molecule has 1 amide bonds. The summed E-state index contributed by atoms with van der Waals surface area (Å²) >= 11 is 0. The highest BCUT2D eigenvalue weighted by Crippen LogP contribution is 2.18. The topological polar surface area (TPSA) is 69.7 Å². The SMILES string of the molecule is Cc1ccc(/C=C/C(=O)NCc2ccc(S(=O)(=O)N3CCN(C)CC3)cc2)cc1. The van der Waals surface area contributed by atoms with Crippen molar-refractivity contribution in [1.82, 2.24) is 14.5 Å². The first-order valence-electron chi connectivity index (χ1n) is 9.65. The zero-order valence-electron chi connectivity index (χ0n) is 16.8. The van der Waals surface area contributed by atoms with Crippen LogP contribution in [0.1, 0.15) is 16.7 Å². The number of rotatable bonds is 6. The summed E-state index contributed by atoms with van der Waals surface area (Å²) in [5, 5.41) is 2.82. The van der Waals surface area contributed by atoms with Gasteiger partial charge in [0, 0.05) is 38.8 Å². The maximum Gasteiger partial charge on any atom is 0.244 e. The second-order valence-electron chi connectivity index (χ2n) is 7.31. The highest BCUT2D eigenvalue weighted by Gasteiger charge is 2.27. The lowest BCUT2D eigenvalue weighted by Gasteiger charge is -2.31. The second kappa shape index (κ2) is 9.35. The minimum atomic E-state index is -3.47. The van der Waals surface area contributed by atoms with E-state index in [-0.39, 0.29) is 10.8 Å². The van der Waals surface area contributed by atoms with Gasteiger partial charge in [0.25, 0.3) is 0 Å². The van der Waals surface area contributed by atoms with Gasteiger partial charge < -0.3 is 10.2 Å². The van der Waals surface area contributed by atoms with Crippen molar-refractivity contribution in [2.45, 2.75) is 18.4 Å². The standard InChI is InChI=1S/C22H27N3O3S/c1-18-3-5-19(6-4-18)9-12-22(26)23-17-20-7-10-21(11-8-20)29(27,28)25-15-13-24(2)14-16-25/h3-12H,13-17H2,1-2H3,(H,23,26)/b12-9+. The first-order valence-corrected chi connectivity index (χ1v) is 11.1. The first kappa shape index (κ1) is 21.2. The van der Waals surface area contributed by atoms with Gasteiger partial charge in [-0.3, -0.25) is 4.79 Å². The molecule has 1 aliphatic heterocycles. The molecule has 2 aromatic carbocycles. The van der Waals surface area contributed by atoms with E-state index in [9.17, 15) is 13.2 Å². The number of likely N-dealkylation sites (N-methyl/N-ethyl adjacent to an activating group) is 1. The van der Waals surface area contributed by atoms with Gasteiger partial charge in [-0.1, -0.05) is 42.0 Å². The Bertz CT molecular complexity index is 959. The molecule has 0 aliphatic carbocycles. The molecular weight excluding hydrogens is 386 g/mol. The number of nitrogens with one attached hydrogen (secondary N) is 1. The lowest BCUT2D eigenvalue weighted by Crippen LogP contribution is -2.46. The molecule has 0 saturated carbocycles. The molecular formula is C22H27N3O3S. The van der Waals surface area contributed by atoms with Gasteiger partial charge in [-0.05, 0) is 43.3 Å². The van der Waals surface area contributed by atoms with Crippen LogP contribution in [0.3, 0.4) is 0 Å². The van der Waals surface area contributed by atoms with Gasteiger partial charge in [0.05, 0.1) is 4.90 Å². The molecule has 0 bridgehead atoms. The van der Waals surface area contributed by atoms with E-state index in [4.69, 9.17) is 0 Å². The number of aryl methyl sites for hydroxylation is 1. The molecule has 0 atom stereocenters. The van der Waals surface area contributed by atoms with Crippen LogP contribution >= 0.6 is 0 Å². The van der Waals surface area contributed by atoms with Crippen molar-refractivity contribution in [1.29, 1.82) is 0 Å². The zero-order valence-corrected chi connectivity index (χ0v) is 17.7. The van der Waals surface area contributed by atoms with Crippen molar-refractivity contribution >= 4 is 22.0 Å². The second-order valence-corrected chi connectivity index (χ2v) is 9.25. The van der Waals surface area contributed by atoms with E-state index in [2.05, 4.69) is 10.2 Å². The molecule has 6 nitrogen and oxygen atoms in total. The van der Waals surface area contributed by atoms with Crippen LogP contribution in [0.2, 0.25) is 0 Å². The molecule has 0 radical (unpaired) electrons. The van der Waals surface area contributed by atoms with E-state index in [0.29, 0.717) is 19.6 Å². The van der Waals surface area contributed by atoms with Gasteiger partial charge in [0.2, 0.25) is 15.9 Å². The van der Waals surface area contributed by atoms with Crippen LogP contribution in [-0.4, -0.2) is 56.8 Å². The van der Waals surface area contributed by atoms with E-state index in [1.165, 1.54) is 15.9 Å². The summed E-state index contributed by atoms with van der Waals surface area (Å²) in [5.41, 5.74) is 2.98. The summed E-state index contributed by atoms with van der Waals surface area (Å²) in [4.78, 5) is 14.4. The number of benzene rings is 2. The van der Waals surface area contributed by atoms with Gasteiger partial charge in [0.1, 0.15) is 0 Å². The molecule has 1 heterocycles. The normalized spacial score (nSPS) is 16.2. The van der Waals surface area contributed by atoms with E-state index in [1.54, 1.807) is 30.3 Å². The monoisotopic (exact) mass is 413 g/mol. The third-order valence-electron chi connectivity index (χ3n) is 4.99. The summed E-state index contributed by atoms with van der Waals surface area (Å²) in [5.74, 6) is -0.195. The van der Waals surface area contributed by atoms with Crippen molar-refractivity contribution in [2.75, 3.05) is 33.2 Å². The predicted molar refractivity (Wildman–Crippen MR) is 115 cm³/mol. The smallest absolute Gasteiger partial charge is 0.244 e. The van der Waals surface area contributed by atoms with E-state index < -0.39 is 10.0 Å². The number of carbonyl (C=O) groups excluding carboxylic acids is 1. The lowest BCUT2D eigenvalue weighted by atomic mass is 10.1. The number of carbonyl (C=O) groups is 1. The summed E-state index contributed by atoms with van der Waals surface area (Å²) in [6.45, 7) is 4.83. The number of sulfonamides is 1. The van der Waals surface area contributed by atoms with Crippen LogP contribution in [0.25, 0.3) is 6.08 Å². The minimum absolute atomic E-state index is 0.195. The molecule has 1 N–H and O–H groups in total. The van der Waals surface area contributed by atoms with E-state index in [1.807, 2.05) is 38.2 Å². The average Bonchev–Trinajstić information content (AvgIpc) is 2.72. The quantitative estimate of drug-likeness (QED) is 0.738. The van der Waals surface area contributed by atoms with Gasteiger partial charge in [-0.2, -0.15) is 4.31 Å². The van der Waals surface area contributed by atoms with E-state index in [0.717, 1.165) is 24.2 Å². The van der Waals surface area contributed by atoms with Gasteiger partial charge in [-0.15, -0.1) is 0 Å². The Hall–Kier alpha value is -2.48. The number of hydrogen-bond donors (Lipinski definition) is 1. The molecule has 0 unspecified atom stereocenters. The molecule has 1 saturated heterocycles. The minimum Gasteiger partial charge on any atom is -0.348 e. The number of hydrogen-bond acceptors (Lipinski definition) is 4. The van der Waals surface area contributed by atoms with Crippen molar-refractivity contribution < 1.29 is 13.2 Å². The fourth-order valence-corrected chi connectivity index (χ4v) is 4.48. The molecule has 154 valence electrons. The Kier molecular flexibility index (Phi) is 6.84. The van der Waals surface area contributed by atoms with Crippen LogP contribution in [0, 0.1) is 6.92 Å². The van der Waals surface area contributed by atoms with Crippen molar-refractivity contribution in [3.05, 3.63) is 71.3 Å². The molecule has 1 fully saturated rings. The Morgan fingerprint density at radius 3 is 2.24 bits per heavy atom. The molecule has 2 aromatic rings. The Morgan fingerprint density at radius 2 is 1.62 bits per heavy atom. The zero-order chi connectivity index (χ0) is 20.9. The lowest BCUT2D eigenvalue weighted by molar-refractivity contribution is -0.116. The molecule has 0 spiro atoms. The van der Waals surface area contributed by atoms with Crippen LogP contribution in [0.4, 0.5) is 0 Å². The number of piperazine rings is 1. The van der Waals surface area contributed by atoms with Gasteiger partial charge in [-0.25, -0.2) is 8.42 Å². The summed E-state index contributed by atoms with van der Waals surface area (Å²) in [7, 11) is -1.48. The van der Waals surface area contributed by atoms with Gasteiger partial charge >= 0.3 is 0 Å². The Morgan fingerprint density at radius 1 is 1.00 bits per heavy atom. The van der Waals surface area contributed by atoms with Crippen LogP contribution in [-0.2, 0) is 21.4 Å². The van der Waals surface area contributed by atoms with Crippen molar-refractivity contribution in [2.24, 2.45) is 0 Å². The van der Waals surface area contributed by atoms with Crippen LogP contribution in [0.15, 0.2) is 59.5 Å². The summed E-state index contributed by atoms with van der Waals surface area (Å²) < 4.78 is 27.0. The molecule has 0 aromatic heterocycles. The highest BCUT2D eigenvalue weighted by atomic mass is 32.2. The summed E-state index contributed by atoms with van der Waals surface area (Å²) in [6, 6.07) is 14.6. The van der Waals surface area contributed by atoms with Crippen molar-refractivity contribution in [3.63, 3.8) is 0 Å². The largest absolute Gasteiger partial charge is 0.348 e. The maximum atomic E-state index is 12.7. The predicted octanol–water partition coefficient (Wildman–Crippen LogP) is 2.26. The van der Waals surface area contributed by atoms with Gasteiger partial charge in [0.15, 0.2) is 0 Å². The van der Waals surface area contributed by atoms with Crippen LogP contribution < -0.4 is 5.32 Å². The molecule has 1 aliphatic rings. The molecule has 7 heteroatoms. The van der Waals surface area contributed by atoms with Crippen LogP contribution in [0.5, 0.6) is 0 Å². The maximum absolute atomic E-state index is 12.7. The highest BCUT2D eigenvalue weighted by molar-refractivity contribution is 7.89. The fourth-order valence-electron chi connectivity index (χ4n) is 3.05. The molecule has 29 heavy (non-hydrogen) atoms. The Balaban J connectivity index is 1.55. The Labute approximate surface area is 172 Å². The first-order chi connectivity index (χ1) is 13.8. The fraction of sp³-hybridized carbons (Fsp3) is 0.318. The third-order valence-corrected chi connectivity index (χ3v) is 6.91. The molecule has 3 rings (SSSR count). The average molecular weight is 414 g/mol. The van der Waals surface area contributed by atoms with Crippen molar-refractivity contribution in [3.8, 4) is 0 Å². The number of nitrogens with zero attached hydrogens (tertiary/aromatic N) is 2. The number of amides is 1. The van der Waals surface area contributed by atoms with E-state index >= 15 is 0 Å². The third kappa shape index (κ3) is 5.76.